The van der Waals surface area contributed by atoms with Crippen molar-refractivity contribution in [2.24, 2.45) is 0 Å². The van der Waals surface area contributed by atoms with Crippen molar-refractivity contribution in [1.82, 2.24) is 10.2 Å². The lowest BCUT2D eigenvalue weighted by atomic mass is 9.98. The van der Waals surface area contributed by atoms with Gasteiger partial charge in [-0.05, 0) is 30.2 Å². The topological polar surface area (TPSA) is 223 Å². The molecule has 40 heavy (non-hydrogen) atoms. The summed E-state index contributed by atoms with van der Waals surface area (Å²) in [7, 11) is -3.50. The molecule has 0 radical (unpaired) electrons. The lowest BCUT2D eigenvalue weighted by Crippen LogP contribution is -2.80. The number of ether oxygens (including phenoxy) is 2. The van der Waals surface area contributed by atoms with Crippen LogP contribution in [-0.4, -0.2) is 88.4 Å². The molecule has 2 aliphatic heterocycles. The number of rotatable bonds is 13. The Hall–Kier alpha value is -3.93. The third kappa shape index (κ3) is 7.17. The molecule has 2 heterocycles. The molecular weight excluding hydrogens is 576 g/mol. The number of nitrogens with one attached hydrogen (secondary N) is 1. The van der Waals surface area contributed by atoms with Crippen LogP contribution in [0.15, 0.2) is 41.6 Å². The standard InChI is InChI=1S/C23H24N2O13S2/c1-36-23(24-16(26)3-2-4-17(27)28)21(32)25-19(20(30)31)14(12-39-22(23)25)11-37-18(29)10-7-13-5-8-15(9-6-13)38-40(33,34)35/h5-10,22H,2-4,11-12H2,1H3,(H,24,26)(H,27,28)(H,30,31)(H,33,34,35)/b10-7+/t22-,23+/m1/s1. The zero-order valence-electron chi connectivity index (χ0n) is 20.8. The van der Waals surface area contributed by atoms with E-state index in [1.807, 2.05) is 0 Å². The molecule has 15 nitrogen and oxygen atoms in total. The van der Waals surface area contributed by atoms with E-state index in [4.69, 9.17) is 19.1 Å². The van der Waals surface area contributed by atoms with Crippen molar-refractivity contribution in [1.29, 1.82) is 0 Å². The summed E-state index contributed by atoms with van der Waals surface area (Å²) in [6, 6.07) is 5.27. The number of benzene rings is 1. The molecular formula is C23H24N2O13S2. The predicted octanol–water partition coefficient (Wildman–Crippen LogP) is 0.392. The van der Waals surface area contributed by atoms with E-state index in [0.29, 0.717) is 5.56 Å². The Balaban J connectivity index is 1.65. The summed E-state index contributed by atoms with van der Waals surface area (Å²) in [6.07, 6.45) is 1.99. The molecule has 0 spiro atoms. The lowest BCUT2D eigenvalue weighted by Gasteiger charge is -2.55. The third-order valence-corrected chi connectivity index (χ3v) is 7.41. The maximum absolute atomic E-state index is 13.0. The Morgan fingerprint density at radius 2 is 1.85 bits per heavy atom. The van der Waals surface area contributed by atoms with Crippen LogP contribution in [0.1, 0.15) is 24.8 Å². The highest BCUT2D eigenvalue weighted by Gasteiger charge is 2.66. The number of methoxy groups -OCH3 is 1. The Labute approximate surface area is 231 Å². The van der Waals surface area contributed by atoms with Crippen LogP contribution < -0.4 is 9.50 Å². The zero-order chi connectivity index (χ0) is 29.7. The van der Waals surface area contributed by atoms with Crippen LogP contribution in [0.25, 0.3) is 6.08 Å². The van der Waals surface area contributed by atoms with E-state index in [2.05, 4.69) is 9.50 Å². The van der Waals surface area contributed by atoms with E-state index in [1.54, 1.807) is 0 Å². The minimum atomic E-state index is -4.68. The van der Waals surface area contributed by atoms with Crippen molar-refractivity contribution < 1.29 is 60.8 Å². The average Bonchev–Trinajstić information content (AvgIpc) is 2.88. The number of nitrogens with zero attached hydrogens (tertiary/aromatic N) is 1. The first-order valence-electron chi connectivity index (χ1n) is 11.4. The number of carboxylic acids is 2. The number of thioether (sulfide) groups is 1. The Bertz CT molecular complexity index is 1370. The molecule has 0 saturated carbocycles. The van der Waals surface area contributed by atoms with Crippen LogP contribution in [0.4, 0.5) is 0 Å². The number of carbonyl (C=O) groups is 5. The smallest absolute Gasteiger partial charge is 0.446 e. The van der Waals surface area contributed by atoms with Gasteiger partial charge in [0.1, 0.15) is 23.4 Å². The van der Waals surface area contributed by atoms with Gasteiger partial charge in [0.25, 0.3) is 11.6 Å². The van der Waals surface area contributed by atoms with E-state index in [0.717, 1.165) is 22.7 Å². The second kappa shape index (κ2) is 12.5. The van der Waals surface area contributed by atoms with E-state index in [9.17, 15) is 37.5 Å². The van der Waals surface area contributed by atoms with Crippen LogP contribution in [0.2, 0.25) is 0 Å². The first-order valence-corrected chi connectivity index (χ1v) is 13.8. The van der Waals surface area contributed by atoms with Gasteiger partial charge in [-0.3, -0.25) is 23.8 Å². The molecule has 3 rings (SSSR count). The number of aliphatic carboxylic acids is 2. The molecule has 2 amide bonds. The van der Waals surface area contributed by atoms with E-state index < -0.39 is 63.5 Å². The van der Waals surface area contributed by atoms with E-state index in [1.165, 1.54) is 37.5 Å². The number of amides is 2. The fourth-order valence-corrected chi connectivity index (χ4v) is 5.63. The third-order valence-electron chi connectivity index (χ3n) is 5.64. The summed E-state index contributed by atoms with van der Waals surface area (Å²) in [5, 5.41) is 20.0. The summed E-state index contributed by atoms with van der Waals surface area (Å²) >= 11 is 1.08. The quantitative estimate of drug-likeness (QED) is 0.0791. The van der Waals surface area contributed by atoms with E-state index in [-0.39, 0.29) is 36.3 Å². The monoisotopic (exact) mass is 600 g/mol. The van der Waals surface area contributed by atoms with E-state index >= 15 is 0 Å². The SMILES string of the molecule is CO[C@@]1(NC(=O)CCCC(=O)O)C(=O)N2C(C(=O)O)=C(COC(=O)/C=C/c3ccc(OS(=O)(=O)O)cc3)CS[C@@H]21. The molecule has 0 aromatic heterocycles. The summed E-state index contributed by atoms with van der Waals surface area (Å²) in [5.74, 6) is -4.97. The Kier molecular flexibility index (Phi) is 9.56. The average molecular weight is 601 g/mol. The second-order valence-electron chi connectivity index (χ2n) is 8.35. The first kappa shape index (κ1) is 30.6. The number of hydrogen-bond acceptors (Lipinski definition) is 11. The highest BCUT2D eigenvalue weighted by molar-refractivity contribution is 8.00. The molecule has 17 heteroatoms. The highest BCUT2D eigenvalue weighted by Crippen LogP contribution is 2.46. The minimum Gasteiger partial charge on any atom is -0.481 e. The highest BCUT2D eigenvalue weighted by atomic mass is 32.3. The summed E-state index contributed by atoms with van der Waals surface area (Å²) in [6.45, 7) is -0.447. The molecule has 0 bridgehead atoms. The number of esters is 1. The molecule has 1 aromatic carbocycles. The molecule has 216 valence electrons. The first-order chi connectivity index (χ1) is 18.8. The Morgan fingerprint density at radius 3 is 2.42 bits per heavy atom. The van der Waals surface area contributed by atoms with Crippen molar-refractivity contribution in [3.8, 4) is 5.75 Å². The van der Waals surface area contributed by atoms with Gasteiger partial charge in [-0.15, -0.1) is 11.8 Å². The molecule has 1 fully saturated rings. The molecule has 2 aliphatic rings. The van der Waals surface area contributed by atoms with Crippen molar-refractivity contribution >= 4 is 58.0 Å². The largest absolute Gasteiger partial charge is 0.481 e. The fourth-order valence-electron chi connectivity index (χ4n) is 3.85. The molecule has 1 aromatic rings. The normalized spacial score (nSPS) is 20.5. The van der Waals surface area contributed by atoms with Crippen molar-refractivity contribution in [2.75, 3.05) is 19.5 Å². The summed E-state index contributed by atoms with van der Waals surface area (Å²) in [5.41, 5.74) is -1.66. The van der Waals surface area contributed by atoms with Crippen LogP contribution in [0, 0.1) is 0 Å². The lowest BCUT2D eigenvalue weighted by molar-refractivity contribution is -0.192. The fraction of sp³-hybridized carbons (Fsp3) is 0.348. The number of hydrogen-bond donors (Lipinski definition) is 4. The number of β-lactam (4-membered cyclic amide) rings is 1. The van der Waals surface area contributed by atoms with Crippen LogP contribution in [-0.2, 0) is 43.8 Å². The van der Waals surface area contributed by atoms with Crippen molar-refractivity contribution in [3.63, 3.8) is 0 Å². The van der Waals surface area contributed by atoms with Gasteiger partial charge in [-0.1, -0.05) is 12.1 Å². The number of fused-ring (bicyclic) bond motifs is 1. The van der Waals surface area contributed by atoms with Crippen LogP contribution in [0.5, 0.6) is 5.75 Å². The molecule has 0 aliphatic carbocycles. The van der Waals surface area contributed by atoms with Gasteiger partial charge in [-0.2, -0.15) is 8.42 Å². The van der Waals surface area contributed by atoms with Gasteiger partial charge in [0.05, 0.1) is 0 Å². The number of carboxylic acid groups (broad SMARTS) is 2. The van der Waals surface area contributed by atoms with Crippen molar-refractivity contribution in [2.45, 2.75) is 30.4 Å². The molecule has 0 unspecified atom stereocenters. The van der Waals surface area contributed by atoms with Gasteiger partial charge in [-0.25, -0.2) is 9.59 Å². The van der Waals surface area contributed by atoms with Crippen LogP contribution in [0.3, 0.4) is 0 Å². The maximum Gasteiger partial charge on any atom is 0.446 e. The molecule has 2 atom stereocenters. The van der Waals surface area contributed by atoms with Gasteiger partial charge in [0.2, 0.25) is 5.91 Å². The molecule has 4 N–H and O–H groups in total. The van der Waals surface area contributed by atoms with Gasteiger partial charge >= 0.3 is 28.3 Å². The van der Waals surface area contributed by atoms with Gasteiger partial charge < -0.3 is 29.2 Å². The summed E-state index contributed by atoms with van der Waals surface area (Å²) in [4.78, 5) is 61.2. The van der Waals surface area contributed by atoms with Crippen LogP contribution >= 0.6 is 11.8 Å². The molecule has 1 saturated heterocycles. The minimum absolute atomic E-state index is 0.0301. The van der Waals surface area contributed by atoms with Gasteiger partial charge in [0, 0.05) is 37.4 Å². The van der Waals surface area contributed by atoms with Gasteiger partial charge in [0.15, 0.2) is 0 Å². The summed E-state index contributed by atoms with van der Waals surface area (Å²) < 4.78 is 44.9. The predicted molar refractivity (Wildman–Crippen MR) is 136 cm³/mol. The number of carbonyl (C=O) groups excluding carboxylic acids is 3. The van der Waals surface area contributed by atoms with Crippen molar-refractivity contribution in [3.05, 3.63) is 47.2 Å². The zero-order valence-corrected chi connectivity index (χ0v) is 22.4. The second-order valence-corrected chi connectivity index (χ2v) is 10.4. The Morgan fingerprint density at radius 1 is 1.18 bits per heavy atom. The maximum atomic E-state index is 13.0.